The van der Waals surface area contributed by atoms with Gasteiger partial charge in [-0.15, -0.1) is 0 Å². The molecule has 0 bridgehead atoms. The van der Waals surface area contributed by atoms with Crippen LogP contribution in [0.25, 0.3) is 10.2 Å². The lowest BCUT2D eigenvalue weighted by Gasteiger charge is -2.04. The van der Waals surface area contributed by atoms with E-state index in [9.17, 15) is 18.0 Å². The van der Waals surface area contributed by atoms with Crippen molar-refractivity contribution in [3.05, 3.63) is 40.5 Å². The molecule has 3 aromatic rings. The zero-order valence-corrected chi connectivity index (χ0v) is 17.3. The monoisotopic (exact) mass is 422 g/mol. The largest absolute Gasteiger partial charge is 0.468 e. The van der Waals surface area contributed by atoms with Gasteiger partial charge in [0.25, 0.3) is 5.91 Å². The molecule has 28 heavy (non-hydrogen) atoms. The number of ether oxygens (including phenoxy) is 1. The number of esters is 1. The van der Waals surface area contributed by atoms with Gasteiger partial charge >= 0.3 is 5.97 Å². The number of aryl methyl sites for hydroxylation is 2. The van der Waals surface area contributed by atoms with Crippen LogP contribution in [-0.2, 0) is 33.0 Å². The van der Waals surface area contributed by atoms with Gasteiger partial charge in [-0.05, 0) is 31.2 Å². The maximum atomic E-state index is 12.5. The third-order valence-electron chi connectivity index (χ3n) is 4.13. The van der Waals surface area contributed by atoms with Crippen molar-refractivity contribution in [3.63, 3.8) is 0 Å². The molecule has 0 aliphatic heterocycles. The minimum absolute atomic E-state index is 0.143. The van der Waals surface area contributed by atoms with Crippen LogP contribution in [-0.4, -0.2) is 48.0 Å². The molecule has 3 rings (SSSR count). The number of rotatable bonds is 4. The molecule has 0 spiro atoms. The fraction of sp³-hybridized carbons (Fsp3) is 0.294. The highest BCUT2D eigenvalue weighted by molar-refractivity contribution is 7.90. The molecular weight excluding hydrogens is 404 g/mol. The lowest BCUT2D eigenvalue weighted by atomic mass is 10.3. The minimum atomic E-state index is -3.40. The summed E-state index contributed by atoms with van der Waals surface area (Å²) in [7, 11) is -0.418. The fourth-order valence-corrected chi connectivity index (χ4v) is 4.31. The second-order valence-electron chi connectivity index (χ2n) is 6.16. The third-order valence-corrected chi connectivity index (χ3v) is 6.28. The standard InChI is InChI=1S/C17H18N4O5S2/c1-10-7-12(19-20(10)2)16(23)18-17-21(9-15(22)26-3)13-6-5-11(28(4,24)25)8-14(13)27-17/h5-8H,9H2,1-4H3. The van der Waals surface area contributed by atoms with Crippen LogP contribution in [0, 0.1) is 6.92 Å². The van der Waals surface area contributed by atoms with E-state index in [1.807, 2.05) is 6.92 Å². The topological polar surface area (TPSA) is 113 Å². The van der Waals surface area contributed by atoms with Crippen molar-refractivity contribution >= 4 is 43.3 Å². The van der Waals surface area contributed by atoms with E-state index in [4.69, 9.17) is 4.74 Å². The molecule has 1 aromatic carbocycles. The van der Waals surface area contributed by atoms with Crippen LogP contribution in [0.4, 0.5) is 0 Å². The Balaban J connectivity index is 2.19. The molecule has 0 unspecified atom stereocenters. The van der Waals surface area contributed by atoms with Crippen molar-refractivity contribution < 1.29 is 22.7 Å². The summed E-state index contributed by atoms with van der Waals surface area (Å²) in [6.45, 7) is 1.65. The van der Waals surface area contributed by atoms with E-state index >= 15 is 0 Å². The van der Waals surface area contributed by atoms with Gasteiger partial charge in [0.2, 0.25) is 0 Å². The number of hydrogen-bond acceptors (Lipinski definition) is 7. The third kappa shape index (κ3) is 3.90. The molecule has 148 valence electrons. The number of aromatic nitrogens is 3. The van der Waals surface area contributed by atoms with Gasteiger partial charge in [0, 0.05) is 19.0 Å². The van der Waals surface area contributed by atoms with Gasteiger partial charge < -0.3 is 9.30 Å². The van der Waals surface area contributed by atoms with Gasteiger partial charge in [-0.25, -0.2) is 8.42 Å². The van der Waals surface area contributed by atoms with Gasteiger partial charge in [-0.3, -0.25) is 14.3 Å². The predicted octanol–water partition coefficient (Wildman–Crippen LogP) is 1.06. The highest BCUT2D eigenvalue weighted by Gasteiger charge is 2.16. The number of thiazole rings is 1. The first-order chi connectivity index (χ1) is 13.1. The second-order valence-corrected chi connectivity index (χ2v) is 9.18. The van der Waals surface area contributed by atoms with E-state index in [2.05, 4.69) is 10.1 Å². The Morgan fingerprint density at radius 3 is 2.57 bits per heavy atom. The zero-order chi connectivity index (χ0) is 20.6. The van der Waals surface area contributed by atoms with Crippen LogP contribution >= 0.6 is 11.3 Å². The molecule has 0 saturated carbocycles. The van der Waals surface area contributed by atoms with Crippen LogP contribution in [0.5, 0.6) is 0 Å². The molecule has 2 heterocycles. The number of sulfone groups is 1. The van der Waals surface area contributed by atoms with Crippen molar-refractivity contribution in [3.8, 4) is 0 Å². The molecule has 0 saturated heterocycles. The van der Waals surface area contributed by atoms with Crippen LogP contribution in [0.1, 0.15) is 16.2 Å². The van der Waals surface area contributed by atoms with Gasteiger partial charge in [-0.2, -0.15) is 10.1 Å². The number of benzene rings is 1. The summed E-state index contributed by atoms with van der Waals surface area (Å²) in [5, 5.41) is 4.11. The molecule has 0 aliphatic rings. The van der Waals surface area contributed by atoms with Crippen molar-refractivity contribution in [2.24, 2.45) is 12.0 Å². The quantitative estimate of drug-likeness (QED) is 0.581. The van der Waals surface area contributed by atoms with Gasteiger partial charge in [-0.1, -0.05) is 11.3 Å². The SMILES string of the molecule is COC(=O)Cn1c(=NC(=O)c2cc(C)n(C)n2)sc2cc(S(C)(=O)=O)ccc21. The van der Waals surface area contributed by atoms with Gasteiger partial charge in [0.1, 0.15) is 6.54 Å². The van der Waals surface area contributed by atoms with E-state index < -0.39 is 21.7 Å². The summed E-state index contributed by atoms with van der Waals surface area (Å²) in [6, 6.07) is 6.15. The average molecular weight is 422 g/mol. The van der Waals surface area contributed by atoms with E-state index in [-0.39, 0.29) is 21.9 Å². The van der Waals surface area contributed by atoms with E-state index in [1.165, 1.54) is 23.8 Å². The summed E-state index contributed by atoms with van der Waals surface area (Å²) in [5.41, 5.74) is 1.56. The Labute approximate surface area is 164 Å². The number of carbonyl (C=O) groups is 2. The smallest absolute Gasteiger partial charge is 0.325 e. The van der Waals surface area contributed by atoms with Crippen LogP contribution in [0.2, 0.25) is 0 Å². The zero-order valence-electron chi connectivity index (χ0n) is 15.7. The summed E-state index contributed by atoms with van der Waals surface area (Å²) >= 11 is 1.11. The maximum absolute atomic E-state index is 12.5. The molecule has 0 fully saturated rings. The Bertz CT molecular complexity index is 1240. The first-order valence-corrected chi connectivity index (χ1v) is 10.8. The Morgan fingerprint density at radius 2 is 2.00 bits per heavy atom. The number of methoxy groups -OCH3 is 1. The van der Waals surface area contributed by atoms with Crippen LogP contribution in [0.3, 0.4) is 0 Å². The Morgan fingerprint density at radius 1 is 1.29 bits per heavy atom. The highest BCUT2D eigenvalue weighted by Crippen LogP contribution is 2.22. The number of hydrogen-bond donors (Lipinski definition) is 0. The number of fused-ring (bicyclic) bond motifs is 1. The van der Waals surface area contributed by atoms with E-state index in [1.54, 1.807) is 23.9 Å². The lowest BCUT2D eigenvalue weighted by molar-refractivity contribution is -0.141. The fourth-order valence-electron chi connectivity index (χ4n) is 2.53. The molecular formula is C17H18N4O5S2. The Hall–Kier alpha value is -2.79. The maximum Gasteiger partial charge on any atom is 0.325 e. The summed E-state index contributed by atoms with van der Waals surface area (Å²) < 4.78 is 32.0. The Kier molecular flexibility index (Phi) is 5.22. The van der Waals surface area contributed by atoms with Crippen LogP contribution in [0.15, 0.2) is 34.2 Å². The first kappa shape index (κ1) is 20.0. The molecule has 0 aliphatic carbocycles. The minimum Gasteiger partial charge on any atom is -0.468 e. The molecule has 0 N–H and O–H groups in total. The summed E-state index contributed by atoms with van der Waals surface area (Å²) in [4.78, 5) is 28.9. The highest BCUT2D eigenvalue weighted by atomic mass is 32.2. The molecule has 2 aromatic heterocycles. The van der Waals surface area contributed by atoms with Gasteiger partial charge in [0.15, 0.2) is 20.3 Å². The molecule has 0 radical (unpaired) electrons. The van der Waals surface area contributed by atoms with Crippen molar-refractivity contribution in [2.75, 3.05) is 13.4 Å². The number of carbonyl (C=O) groups excluding carboxylic acids is 2. The molecule has 9 nitrogen and oxygen atoms in total. The second kappa shape index (κ2) is 7.32. The summed E-state index contributed by atoms with van der Waals surface area (Å²) in [6.07, 6.45) is 1.11. The van der Waals surface area contributed by atoms with Crippen molar-refractivity contribution in [1.29, 1.82) is 0 Å². The van der Waals surface area contributed by atoms with Crippen molar-refractivity contribution in [1.82, 2.24) is 14.3 Å². The molecule has 1 amide bonds. The normalized spacial score (nSPS) is 12.5. The lowest BCUT2D eigenvalue weighted by Crippen LogP contribution is -2.22. The average Bonchev–Trinajstić information content (AvgIpc) is 3.14. The first-order valence-electron chi connectivity index (χ1n) is 8.10. The number of nitrogens with zero attached hydrogens (tertiary/aromatic N) is 4. The molecule has 0 atom stereocenters. The van der Waals surface area contributed by atoms with E-state index in [0.717, 1.165) is 23.3 Å². The van der Waals surface area contributed by atoms with Crippen molar-refractivity contribution in [2.45, 2.75) is 18.4 Å². The summed E-state index contributed by atoms with van der Waals surface area (Å²) in [5.74, 6) is -1.08. The number of amides is 1. The van der Waals surface area contributed by atoms with E-state index in [0.29, 0.717) is 10.2 Å². The predicted molar refractivity (Wildman–Crippen MR) is 103 cm³/mol. The van der Waals surface area contributed by atoms with Crippen LogP contribution < -0.4 is 4.80 Å². The van der Waals surface area contributed by atoms with Gasteiger partial charge in [0.05, 0.1) is 22.2 Å². The molecule has 11 heteroatoms.